The second-order valence-corrected chi connectivity index (χ2v) is 9.04. The quantitative estimate of drug-likeness (QED) is 0.373. The van der Waals surface area contributed by atoms with Crippen LogP contribution in [0, 0.1) is 6.92 Å². The topological polar surface area (TPSA) is 45.9 Å². The van der Waals surface area contributed by atoms with Crippen LogP contribution >= 0.6 is 11.6 Å². The summed E-state index contributed by atoms with van der Waals surface area (Å²) in [5.74, 6) is 0.865. The fourth-order valence-corrected chi connectivity index (χ4v) is 4.50. The zero-order valence-electron chi connectivity index (χ0n) is 18.7. The largest absolute Gasteiger partial charge is 0.492 e. The number of halogens is 1. The number of hydrogen-bond acceptors (Lipinski definition) is 5. The Morgan fingerprint density at radius 1 is 0.909 bits per heavy atom. The molecule has 0 unspecified atom stereocenters. The van der Waals surface area contributed by atoms with E-state index in [0.29, 0.717) is 28.5 Å². The SMILES string of the molecule is Cc1cc(OCCN2CCN(Cc3ccc4oc5ccccc5c(=O)c4c3)CC2)ccc1Cl. The lowest BCUT2D eigenvalue weighted by atomic mass is 10.1. The molecule has 170 valence electrons. The standard InChI is InChI=1S/C27H27ClN2O3/c1-19-16-21(7-8-24(19)28)32-15-14-29-10-12-30(13-11-29)18-20-6-9-26-23(17-20)27(31)22-4-2-3-5-25(22)33-26/h2-9,16-17H,10-15,18H2,1H3. The van der Waals surface area contributed by atoms with Gasteiger partial charge in [-0.15, -0.1) is 0 Å². The summed E-state index contributed by atoms with van der Waals surface area (Å²) in [6, 6.07) is 19.2. The Balaban J connectivity index is 1.16. The maximum atomic E-state index is 12.9. The molecule has 0 N–H and O–H groups in total. The molecule has 0 bridgehead atoms. The molecule has 2 heterocycles. The first-order valence-electron chi connectivity index (χ1n) is 11.3. The van der Waals surface area contributed by atoms with Crippen molar-refractivity contribution in [2.75, 3.05) is 39.3 Å². The van der Waals surface area contributed by atoms with Crippen molar-refractivity contribution in [2.24, 2.45) is 0 Å². The van der Waals surface area contributed by atoms with Gasteiger partial charge in [-0.2, -0.15) is 0 Å². The molecule has 0 atom stereocenters. The number of ether oxygens (including phenoxy) is 1. The Labute approximate surface area is 198 Å². The number of fused-ring (bicyclic) bond motifs is 2. The van der Waals surface area contributed by atoms with Gasteiger partial charge in [0.2, 0.25) is 5.43 Å². The van der Waals surface area contributed by atoms with E-state index < -0.39 is 0 Å². The summed E-state index contributed by atoms with van der Waals surface area (Å²) in [7, 11) is 0. The molecule has 1 aliphatic heterocycles. The van der Waals surface area contributed by atoms with Gasteiger partial charge in [-0.1, -0.05) is 29.8 Å². The van der Waals surface area contributed by atoms with E-state index in [1.165, 1.54) is 0 Å². The number of rotatable bonds is 6. The van der Waals surface area contributed by atoms with Crippen LogP contribution in [0.4, 0.5) is 0 Å². The Morgan fingerprint density at radius 2 is 1.67 bits per heavy atom. The lowest BCUT2D eigenvalue weighted by Crippen LogP contribution is -2.47. The van der Waals surface area contributed by atoms with E-state index in [0.717, 1.165) is 61.2 Å². The Bertz CT molecular complexity index is 1340. The smallest absolute Gasteiger partial charge is 0.200 e. The number of aryl methyl sites for hydroxylation is 1. The molecule has 1 aliphatic rings. The monoisotopic (exact) mass is 462 g/mol. The first kappa shape index (κ1) is 22.0. The first-order valence-corrected chi connectivity index (χ1v) is 11.7. The van der Waals surface area contributed by atoms with Crippen LogP contribution < -0.4 is 10.2 Å². The van der Waals surface area contributed by atoms with Gasteiger partial charge in [-0.05, 0) is 60.5 Å². The molecule has 5 nitrogen and oxygen atoms in total. The molecular formula is C27H27ClN2O3. The van der Waals surface area contributed by atoms with Crippen molar-refractivity contribution < 1.29 is 9.15 Å². The summed E-state index contributed by atoms with van der Waals surface area (Å²) in [5, 5.41) is 2.05. The van der Waals surface area contributed by atoms with Crippen molar-refractivity contribution in [3.05, 3.63) is 87.0 Å². The van der Waals surface area contributed by atoms with Crippen LogP contribution in [0.2, 0.25) is 5.02 Å². The maximum Gasteiger partial charge on any atom is 0.200 e. The first-order chi connectivity index (χ1) is 16.1. The molecule has 1 fully saturated rings. The third-order valence-corrected chi connectivity index (χ3v) is 6.74. The molecule has 0 saturated carbocycles. The molecule has 0 radical (unpaired) electrons. The Morgan fingerprint density at radius 3 is 2.48 bits per heavy atom. The van der Waals surface area contributed by atoms with Crippen molar-refractivity contribution in [1.82, 2.24) is 9.80 Å². The van der Waals surface area contributed by atoms with E-state index in [2.05, 4.69) is 15.9 Å². The van der Waals surface area contributed by atoms with Crippen LogP contribution in [0.1, 0.15) is 11.1 Å². The van der Waals surface area contributed by atoms with Gasteiger partial charge in [0.25, 0.3) is 0 Å². The van der Waals surface area contributed by atoms with Gasteiger partial charge in [-0.3, -0.25) is 14.6 Å². The molecule has 0 amide bonds. The van der Waals surface area contributed by atoms with Crippen molar-refractivity contribution >= 4 is 33.5 Å². The number of benzene rings is 3. The fraction of sp³-hybridized carbons (Fsp3) is 0.296. The van der Waals surface area contributed by atoms with Crippen LogP contribution in [-0.4, -0.2) is 49.1 Å². The van der Waals surface area contributed by atoms with E-state index in [9.17, 15) is 4.79 Å². The highest BCUT2D eigenvalue weighted by atomic mass is 35.5. The van der Waals surface area contributed by atoms with Crippen molar-refractivity contribution in [1.29, 1.82) is 0 Å². The minimum atomic E-state index is 0.0365. The van der Waals surface area contributed by atoms with E-state index in [-0.39, 0.29) is 5.43 Å². The molecule has 33 heavy (non-hydrogen) atoms. The van der Waals surface area contributed by atoms with Gasteiger partial charge < -0.3 is 9.15 Å². The van der Waals surface area contributed by atoms with Gasteiger partial charge >= 0.3 is 0 Å². The molecule has 3 aromatic carbocycles. The second kappa shape index (κ2) is 9.56. The van der Waals surface area contributed by atoms with Crippen LogP contribution in [0.5, 0.6) is 5.75 Å². The van der Waals surface area contributed by atoms with Gasteiger partial charge in [0.05, 0.1) is 10.8 Å². The normalized spacial score (nSPS) is 15.3. The predicted octanol–water partition coefficient (Wildman–Crippen LogP) is 5.10. The van der Waals surface area contributed by atoms with Crippen LogP contribution in [-0.2, 0) is 6.54 Å². The third-order valence-electron chi connectivity index (χ3n) is 6.32. The predicted molar refractivity (Wildman–Crippen MR) is 133 cm³/mol. The highest BCUT2D eigenvalue weighted by Gasteiger charge is 2.17. The average molecular weight is 463 g/mol. The van der Waals surface area contributed by atoms with Crippen LogP contribution in [0.3, 0.4) is 0 Å². The van der Waals surface area contributed by atoms with Gasteiger partial charge in [0, 0.05) is 44.3 Å². The fourth-order valence-electron chi connectivity index (χ4n) is 4.38. The highest BCUT2D eigenvalue weighted by Crippen LogP contribution is 2.22. The van der Waals surface area contributed by atoms with Crippen molar-refractivity contribution in [2.45, 2.75) is 13.5 Å². The number of piperazine rings is 1. The lowest BCUT2D eigenvalue weighted by molar-refractivity contribution is 0.112. The average Bonchev–Trinajstić information content (AvgIpc) is 2.83. The minimum Gasteiger partial charge on any atom is -0.492 e. The summed E-state index contributed by atoms with van der Waals surface area (Å²) in [6.07, 6.45) is 0. The number of hydrogen-bond donors (Lipinski definition) is 0. The third kappa shape index (κ3) is 4.91. The lowest BCUT2D eigenvalue weighted by Gasteiger charge is -2.34. The summed E-state index contributed by atoms with van der Waals surface area (Å²) < 4.78 is 11.8. The van der Waals surface area contributed by atoms with E-state index >= 15 is 0 Å². The molecule has 5 rings (SSSR count). The zero-order valence-corrected chi connectivity index (χ0v) is 19.5. The molecule has 0 aliphatic carbocycles. The molecule has 6 heteroatoms. The number of nitrogens with zero attached hydrogens (tertiary/aromatic N) is 2. The molecular weight excluding hydrogens is 436 g/mol. The van der Waals surface area contributed by atoms with Crippen LogP contribution in [0.25, 0.3) is 21.9 Å². The number of para-hydroxylation sites is 1. The minimum absolute atomic E-state index is 0.0365. The van der Waals surface area contributed by atoms with E-state index in [1.807, 2.05) is 61.5 Å². The van der Waals surface area contributed by atoms with Crippen LogP contribution in [0.15, 0.2) is 69.9 Å². The van der Waals surface area contributed by atoms with Crippen molar-refractivity contribution in [3.8, 4) is 5.75 Å². The molecule has 0 spiro atoms. The van der Waals surface area contributed by atoms with E-state index in [1.54, 1.807) is 0 Å². The summed E-state index contributed by atoms with van der Waals surface area (Å²) >= 11 is 6.08. The van der Waals surface area contributed by atoms with Gasteiger partial charge in [0.1, 0.15) is 23.5 Å². The Kier molecular flexibility index (Phi) is 6.36. The summed E-state index contributed by atoms with van der Waals surface area (Å²) in [5.41, 5.74) is 3.48. The maximum absolute atomic E-state index is 12.9. The zero-order chi connectivity index (χ0) is 22.8. The molecule has 4 aromatic rings. The Hall–Kier alpha value is -2.86. The van der Waals surface area contributed by atoms with Gasteiger partial charge in [-0.25, -0.2) is 0 Å². The van der Waals surface area contributed by atoms with Crippen molar-refractivity contribution in [3.63, 3.8) is 0 Å². The summed E-state index contributed by atoms with van der Waals surface area (Å²) in [6.45, 7) is 8.37. The van der Waals surface area contributed by atoms with Gasteiger partial charge in [0.15, 0.2) is 0 Å². The van der Waals surface area contributed by atoms with E-state index in [4.69, 9.17) is 20.8 Å². The molecule has 1 aromatic heterocycles. The summed E-state index contributed by atoms with van der Waals surface area (Å²) in [4.78, 5) is 17.8. The second-order valence-electron chi connectivity index (χ2n) is 8.64. The highest BCUT2D eigenvalue weighted by molar-refractivity contribution is 6.31. The molecule has 1 saturated heterocycles.